The van der Waals surface area contributed by atoms with Gasteiger partial charge in [-0.1, -0.05) is 42.1 Å². The average molecular weight is 393 g/mol. The van der Waals surface area contributed by atoms with E-state index in [1.807, 2.05) is 55.5 Å². The second-order valence-electron chi connectivity index (χ2n) is 6.24. The summed E-state index contributed by atoms with van der Waals surface area (Å²) in [5.74, 6) is 0.668. The highest BCUT2D eigenvalue weighted by atomic mass is 32.2. The summed E-state index contributed by atoms with van der Waals surface area (Å²) in [6.07, 6.45) is 1.51. The lowest BCUT2D eigenvalue weighted by atomic mass is 10.2. The predicted octanol–water partition coefficient (Wildman–Crippen LogP) is 4.18. The maximum atomic E-state index is 12.6. The number of hydrogen-bond acceptors (Lipinski definition) is 6. The standard InChI is InChI=1S/C21H19N3O3S/c1-13(20(25)22-11-14-7-3-5-9-16(14)26-2)28-21-19-18(23-12-24-21)15-8-4-6-10-17(15)27-19/h3-10,12-13H,11H2,1-2H3,(H,22,25)/t13-/m0/s1. The normalized spacial score (nSPS) is 12.2. The van der Waals surface area contributed by atoms with E-state index in [-0.39, 0.29) is 11.2 Å². The molecular weight excluding hydrogens is 374 g/mol. The van der Waals surface area contributed by atoms with Crippen LogP contribution in [-0.4, -0.2) is 28.2 Å². The molecule has 0 saturated carbocycles. The van der Waals surface area contributed by atoms with Crippen molar-refractivity contribution < 1.29 is 13.9 Å². The van der Waals surface area contributed by atoms with Crippen LogP contribution in [0.1, 0.15) is 12.5 Å². The number of hydrogen-bond donors (Lipinski definition) is 1. The molecule has 0 saturated heterocycles. The van der Waals surface area contributed by atoms with Gasteiger partial charge in [0.25, 0.3) is 0 Å². The highest BCUT2D eigenvalue weighted by Crippen LogP contribution is 2.34. The summed E-state index contributed by atoms with van der Waals surface area (Å²) in [7, 11) is 1.62. The fourth-order valence-electron chi connectivity index (χ4n) is 2.98. The van der Waals surface area contributed by atoms with E-state index in [4.69, 9.17) is 9.15 Å². The van der Waals surface area contributed by atoms with E-state index in [1.165, 1.54) is 18.1 Å². The molecule has 1 amide bonds. The van der Waals surface area contributed by atoms with Crippen molar-refractivity contribution in [1.82, 2.24) is 15.3 Å². The van der Waals surface area contributed by atoms with Gasteiger partial charge in [-0.2, -0.15) is 0 Å². The van der Waals surface area contributed by atoms with Crippen molar-refractivity contribution in [3.05, 3.63) is 60.4 Å². The lowest BCUT2D eigenvalue weighted by molar-refractivity contribution is -0.120. The molecule has 0 unspecified atom stereocenters. The number of fused-ring (bicyclic) bond motifs is 3. The fourth-order valence-corrected chi connectivity index (χ4v) is 3.86. The first-order chi connectivity index (χ1) is 13.7. The molecule has 2 aromatic heterocycles. The van der Waals surface area contributed by atoms with Crippen LogP contribution in [0.15, 0.2) is 64.3 Å². The third kappa shape index (κ3) is 3.53. The van der Waals surface area contributed by atoms with Gasteiger partial charge in [-0.3, -0.25) is 4.79 Å². The van der Waals surface area contributed by atoms with Crippen LogP contribution in [0.3, 0.4) is 0 Å². The third-order valence-corrected chi connectivity index (χ3v) is 5.51. The van der Waals surface area contributed by atoms with E-state index in [2.05, 4.69) is 15.3 Å². The minimum atomic E-state index is -0.346. The number of benzene rings is 2. The minimum Gasteiger partial charge on any atom is -0.496 e. The molecular formula is C21H19N3O3S. The van der Waals surface area contributed by atoms with E-state index < -0.39 is 0 Å². The Hall–Kier alpha value is -3.06. The van der Waals surface area contributed by atoms with Crippen LogP contribution in [0.25, 0.3) is 22.1 Å². The van der Waals surface area contributed by atoms with Crippen LogP contribution < -0.4 is 10.1 Å². The summed E-state index contributed by atoms with van der Waals surface area (Å²) < 4.78 is 11.3. The van der Waals surface area contributed by atoms with Gasteiger partial charge in [-0.15, -0.1) is 0 Å². The van der Waals surface area contributed by atoms with Crippen LogP contribution in [-0.2, 0) is 11.3 Å². The van der Waals surface area contributed by atoms with E-state index >= 15 is 0 Å². The van der Waals surface area contributed by atoms with Crippen LogP contribution in [0.5, 0.6) is 5.75 Å². The number of carbonyl (C=O) groups is 1. The smallest absolute Gasteiger partial charge is 0.233 e. The lowest BCUT2D eigenvalue weighted by Crippen LogP contribution is -2.30. The number of furan rings is 1. The summed E-state index contributed by atoms with van der Waals surface area (Å²) in [5, 5.41) is 4.20. The number of carbonyl (C=O) groups excluding carboxylic acids is 1. The maximum Gasteiger partial charge on any atom is 0.233 e. The van der Waals surface area contributed by atoms with Crippen LogP contribution >= 0.6 is 11.8 Å². The van der Waals surface area contributed by atoms with Gasteiger partial charge in [0.05, 0.1) is 12.4 Å². The van der Waals surface area contributed by atoms with Crippen molar-refractivity contribution in [2.24, 2.45) is 0 Å². The molecule has 0 aliphatic heterocycles. The molecule has 1 N–H and O–H groups in total. The molecule has 0 aliphatic carbocycles. The number of rotatable bonds is 6. The summed E-state index contributed by atoms with van der Waals surface area (Å²) in [6.45, 7) is 2.25. The van der Waals surface area contributed by atoms with Crippen molar-refractivity contribution >= 4 is 39.7 Å². The molecule has 4 rings (SSSR count). The quantitative estimate of drug-likeness (QED) is 0.391. The second kappa shape index (κ2) is 7.90. The van der Waals surface area contributed by atoms with E-state index in [9.17, 15) is 4.79 Å². The van der Waals surface area contributed by atoms with Crippen LogP contribution in [0.2, 0.25) is 0 Å². The molecule has 142 valence electrons. The summed E-state index contributed by atoms with van der Waals surface area (Å²) in [5.41, 5.74) is 3.05. The Morgan fingerprint density at radius 3 is 2.82 bits per heavy atom. The minimum absolute atomic E-state index is 0.0845. The molecule has 2 heterocycles. The van der Waals surface area contributed by atoms with Gasteiger partial charge >= 0.3 is 0 Å². The SMILES string of the molecule is COc1ccccc1CNC(=O)[C@H](C)Sc1ncnc2c1oc1ccccc12. The fraction of sp³-hybridized carbons (Fsp3) is 0.190. The number of amides is 1. The molecule has 0 bridgehead atoms. The third-order valence-electron chi connectivity index (χ3n) is 4.43. The van der Waals surface area contributed by atoms with Gasteiger partial charge in [0.15, 0.2) is 5.58 Å². The number of aromatic nitrogens is 2. The number of nitrogens with one attached hydrogen (secondary N) is 1. The van der Waals surface area contributed by atoms with Gasteiger partial charge in [0, 0.05) is 17.5 Å². The number of ether oxygens (including phenoxy) is 1. The van der Waals surface area contributed by atoms with E-state index in [0.29, 0.717) is 17.2 Å². The van der Waals surface area contributed by atoms with Crippen LogP contribution in [0.4, 0.5) is 0 Å². The Balaban J connectivity index is 1.50. The highest BCUT2D eigenvalue weighted by molar-refractivity contribution is 8.00. The molecule has 2 aromatic carbocycles. The number of methoxy groups -OCH3 is 1. The van der Waals surface area contributed by atoms with Crippen molar-refractivity contribution in [3.8, 4) is 5.75 Å². The Kier molecular flexibility index (Phi) is 5.16. The van der Waals surface area contributed by atoms with Crippen molar-refractivity contribution in [3.63, 3.8) is 0 Å². The number of thioether (sulfide) groups is 1. The molecule has 0 fully saturated rings. The molecule has 1 atom stereocenters. The Morgan fingerprint density at radius 2 is 1.96 bits per heavy atom. The Bertz CT molecular complexity index is 1140. The molecule has 7 heteroatoms. The van der Waals surface area contributed by atoms with E-state index in [0.717, 1.165) is 27.8 Å². The zero-order valence-corrected chi connectivity index (χ0v) is 16.3. The number of para-hydroxylation sites is 2. The van der Waals surface area contributed by atoms with E-state index in [1.54, 1.807) is 7.11 Å². The molecule has 0 aliphatic rings. The van der Waals surface area contributed by atoms with Gasteiger partial charge in [-0.25, -0.2) is 9.97 Å². The van der Waals surface area contributed by atoms with Gasteiger partial charge in [0.2, 0.25) is 5.91 Å². The summed E-state index contributed by atoms with van der Waals surface area (Å²) >= 11 is 1.35. The zero-order valence-electron chi connectivity index (χ0n) is 15.5. The summed E-state index contributed by atoms with van der Waals surface area (Å²) in [4.78, 5) is 21.3. The highest BCUT2D eigenvalue weighted by Gasteiger charge is 2.20. The molecule has 28 heavy (non-hydrogen) atoms. The van der Waals surface area contributed by atoms with Gasteiger partial charge in [-0.05, 0) is 25.1 Å². The van der Waals surface area contributed by atoms with Crippen molar-refractivity contribution in [1.29, 1.82) is 0 Å². The zero-order chi connectivity index (χ0) is 19.5. The number of nitrogens with zero attached hydrogens (tertiary/aromatic N) is 2. The predicted molar refractivity (Wildman–Crippen MR) is 109 cm³/mol. The van der Waals surface area contributed by atoms with Crippen molar-refractivity contribution in [2.75, 3.05) is 7.11 Å². The summed E-state index contributed by atoms with van der Waals surface area (Å²) in [6, 6.07) is 15.3. The largest absolute Gasteiger partial charge is 0.496 e. The molecule has 6 nitrogen and oxygen atoms in total. The second-order valence-corrected chi connectivity index (χ2v) is 7.57. The monoisotopic (exact) mass is 393 g/mol. The Morgan fingerprint density at radius 1 is 1.18 bits per heavy atom. The van der Waals surface area contributed by atoms with Crippen LogP contribution in [0, 0.1) is 0 Å². The first-order valence-electron chi connectivity index (χ1n) is 8.86. The molecule has 0 radical (unpaired) electrons. The maximum absolute atomic E-state index is 12.6. The average Bonchev–Trinajstić information content (AvgIpc) is 3.12. The molecule has 0 spiro atoms. The van der Waals surface area contributed by atoms with Gasteiger partial charge in [0.1, 0.15) is 28.2 Å². The topological polar surface area (TPSA) is 77.2 Å². The van der Waals surface area contributed by atoms with Crippen molar-refractivity contribution in [2.45, 2.75) is 23.7 Å². The lowest BCUT2D eigenvalue weighted by Gasteiger charge is -2.13. The van der Waals surface area contributed by atoms with Gasteiger partial charge < -0.3 is 14.5 Å². The molecule has 4 aromatic rings. The Labute approximate surface area is 166 Å². The first kappa shape index (κ1) is 18.3. The first-order valence-corrected chi connectivity index (χ1v) is 9.74.